The summed E-state index contributed by atoms with van der Waals surface area (Å²) in [5, 5.41) is 14.0. The minimum Gasteiger partial charge on any atom is -0.480 e. The quantitative estimate of drug-likeness (QED) is 0.0944. The number of aliphatic carboxylic acids is 1. The van der Waals surface area contributed by atoms with Crippen molar-refractivity contribution in [3.05, 3.63) is 108 Å². The standard InChI is InChI=1S/C34H42N2O4S.C10H19NO4.C5H12N2O.C2H6/c1-7-29(36(6)32(39)40-33(2,3)4)30(37)23-25(31(38)35-5)24-41-34(26-17-11-8-12-18-26,27-19-13-9-14-20-27)28-21-15-10-16-22-28;1-6-7(8(12)13)11(5)9(14)15-10(2,3)4;1-3-4(6)5(8)7-2;1-2/h8-22,25,29H,7,23-24H2,1-6H3,(H,35,38);7H,6H2,1-5H3,(H,12,13);4H,3,6H2,1-2H3,(H,7,8);1-2H3/i;;;1D. The predicted molar refractivity (Wildman–Crippen MR) is 266 cm³/mol. The molecule has 66 heavy (non-hydrogen) atoms. The summed E-state index contributed by atoms with van der Waals surface area (Å²) in [6.45, 7) is 18.3. The van der Waals surface area contributed by atoms with Crippen LogP contribution in [-0.4, -0.2) is 114 Å². The Morgan fingerprint density at radius 2 is 1.02 bits per heavy atom. The number of ether oxygens (including phenoxy) is 2. The molecule has 4 amide bonds. The van der Waals surface area contributed by atoms with Gasteiger partial charge in [0.25, 0.3) is 0 Å². The van der Waals surface area contributed by atoms with Gasteiger partial charge in [-0.3, -0.25) is 19.3 Å². The van der Waals surface area contributed by atoms with Crippen LogP contribution in [0.2, 0.25) is 0 Å². The van der Waals surface area contributed by atoms with Crippen LogP contribution in [0.25, 0.3) is 0 Å². The fraction of sp³-hybridized carbons (Fsp3) is 0.529. The van der Waals surface area contributed by atoms with Crippen molar-refractivity contribution >= 4 is 47.5 Å². The van der Waals surface area contributed by atoms with E-state index in [0.717, 1.165) is 21.6 Å². The highest BCUT2D eigenvalue weighted by Crippen LogP contribution is 2.49. The van der Waals surface area contributed by atoms with Gasteiger partial charge in [-0.1, -0.05) is 126 Å². The van der Waals surface area contributed by atoms with Gasteiger partial charge in [-0.05, 0) is 77.5 Å². The molecule has 15 heteroatoms. The number of nitrogens with one attached hydrogen (secondary N) is 2. The molecule has 0 heterocycles. The Labute approximate surface area is 400 Å². The Morgan fingerprint density at radius 3 is 1.29 bits per heavy atom. The maximum Gasteiger partial charge on any atom is 0.410 e. The van der Waals surface area contributed by atoms with Gasteiger partial charge >= 0.3 is 18.2 Å². The summed E-state index contributed by atoms with van der Waals surface area (Å²) in [6, 6.07) is 28.9. The molecule has 0 saturated carbocycles. The van der Waals surface area contributed by atoms with E-state index >= 15 is 0 Å². The van der Waals surface area contributed by atoms with Gasteiger partial charge in [0, 0.05) is 41.7 Å². The van der Waals surface area contributed by atoms with Gasteiger partial charge in [0.05, 0.1) is 22.7 Å². The van der Waals surface area contributed by atoms with Crippen LogP contribution in [0.1, 0.15) is 120 Å². The molecule has 0 bridgehead atoms. The van der Waals surface area contributed by atoms with Crippen LogP contribution in [0.5, 0.6) is 0 Å². The van der Waals surface area contributed by atoms with E-state index in [4.69, 9.17) is 21.7 Å². The number of Topliss-reactive ketones (excluding diaryl/α,β-unsaturated/α-hetero) is 1. The Hall–Kier alpha value is -5.41. The number of nitrogens with two attached hydrogens (primary N) is 1. The van der Waals surface area contributed by atoms with E-state index in [1.807, 2.05) is 68.4 Å². The number of benzene rings is 3. The van der Waals surface area contributed by atoms with Gasteiger partial charge < -0.3 is 35.8 Å². The Balaban J connectivity index is 0.00000137. The van der Waals surface area contributed by atoms with E-state index < -0.39 is 52.1 Å². The van der Waals surface area contributed by atoms with E-state index in [1.54, 1.807) is 88.3 Å². The molecule has 14 nitrogen and oxygen atoms in total. The van der Waals surface area contributed by atoms with Crippen LogP contribution in [0.15, 0.2) is 91.0 Å². The molecular weight excluding hydrogens is 859 g/mol. The normalized spacial score (nSPS) is 13.0. The van der Waals surface area contributed by atoms with Crippen molar-refractivity contribution in [1.82, 2.24) is 20.4 Å². The summed E-state index contributed by atoms with van der Waals surface area (Å²) >= 11 is 1.65. The van der Waals surface area contributed by atoms with E-state index in [-0.39, 0.29) is 30.1 Å². The van der Waals surface area contributed by atoms with Crippen molar-refractivity contribution in [2.45, 2.75) is 136 Å². The third kappa shape index (κ3) is 20.0. The number of thioether (sulfide) groups is 1. The molecule has 0 aliphatic rings. The maximum absolute atomic E-state index is 13.6. The molecule has 0 radical (unpaired) electrons. The summed E-state index contributed by atoms with van der Waals surface area (Å²) in [7, 11) is 6.18. The molecule has 5 N–H and O–H groups in total. The van der Waals surface area contributed by atoms with Gasteiger partial charge in [0.2, 0.25) is 11.8 Å². The van der Waals surface area contributed by atoms with Crippen LogP contribution in [-0.2, 0) is 33.4 Å². The maximum atomic E-state index is 13.6. The number of ketones is 1. The van der Waals surface area contributed by atoms with Crippen molar-refractivity contribution in [2.24, 2.45) is 11.7 Å². The number of likely N-dealkylation sites (N-methyl/N-ethyl adjacent to an activating group) is 3. The summed E-state index contributed by atoms with van der Waals surface area (Å²) in [5.41, 5.74) is 7.28. The van der Waals surface area contributed by atoms with Crippen molar-refractivity contribution < 1.29 is 44.7 Å². The number of carboxylic acid groups (broad SMARTS) is 1. The molecule has 368 valence electrons. The van der Waals surface area contributed by atoms with E-state index in [0.29, 0.717) is 31.9 Å². The second-order valence-electron chi connectivity index (χ2n) is 17.1. The summed E-state index contributed by atoms with van der Waals surface area (Å²) in [4.78, 5) is 74.8. The zero-order valence-electron chi connectivity index (χ0n) is 42.8. The molecule has 0 spiro atoms. The number of hydrogen-bond acceptors (Lipinski definition) is 10. The smallest absolute Gasteiger partial charge is 0.410 e. The van der Waals surface area contributed by atoms with Crippen LogP contribution in [0.4, 0.5) is 9.59 Å². The van der Waals surface area contributed by atoms with Crippen molar-refractivity contribution in [3.8, 4) is 0 Å². The van der Waals surface area contributed by atoms with E-state index in [1.165, 1.54) is 11.9 Å². The summed E-state index contributed by atoms with van der Waals surface area (Å²) in [6.07, 6.45) is 0.304. The van der Waals surface area contributed by atoms with Crippen LogP contribution in [0.3, 0.4) is 0 Å². The number of hydrogen-bond donors (Lipinski definition) is 4. The molecular formula is C51H79N5O9S. The van der Waals surface area contributed by atoms with E-state index in [2.05, 4.69) is 47.0 Å². The summed E-state index contributed by atoms with van der Waals surface area (Å²) in [5.74, 6) is -1.70. The topological polar surface area (TPSA) is 198 Å². The van der Waals surface area contributed by atoms with Gasteiger partial charge in [-0.15, -0.1) is 11.8 Å². The molecule has 0 aromatic heterocycles. The molecule has 0 aliphatic carbocycles. The first-order chi connectivity index (χ1) is 31.3. The molecule has 0 saturated heterocycles. The molecule has 0 fully saturated rings. The van der Waals surface area contributed by atoms with Crippen LogP contribution < -0.4 is 16.4 Å². The minimum atomic E-state index is -1.02. The van der Waals surface area contributed by atoms with Gasteiger partial charge in [-0.25, -0.2) is 14.4 Å². The number of carbonyl (C=O) groups excluding carboxylic acids is 5. The third-order valence-electron chi connectivity index (χ3n) is 9.86. The molecule has 3 rings (SSSR count). The first-order valence-electron chi connectivity index (χ1n) is 23.0. The molecule has 4 unspecified atom stereocenters. The predicted octanol–water partition coefficient (Wildman–Crippen LogP) is 8.89. The molecule has 3 aromatic carbocycles. The first-order valence-corrected chi connectivity index (χ1v) is 23.3. The zero-order valence-corrected chi connectivity index (χ0v) is 42.6. The zero-order chi connectivity index (χ0) is 51.5. The number of carboxylic acids is 1. The van der Waals surface area contributed by atoms with E-state index in [9.17, 15) is 28.8 Å². The Morgan fingerprint density at radius 1 is 0.667 bits per heavy atom. The second-order valence-corrected chi connectivity index (χ2v) is 18.3. The first kappa shape index (κ1) is 58.6. The second kappa shape index (κ2) is 30.0. The lowest BCUT2D eigenvalue weighted by molar-refractivity contribution is -0.142. The fourth-order valence-electron chi connectivity index (χ4n) is 6.43. The minimum absolute atomic E-state index is 0.00671. The largest absolute Gasteiger partial charge is 0.480 e. The highest BCUT2D eigenvalue weighted by molar-refractivity contribution is 8.00. The average Bonchev–Trinajstić information content (AvgIpc) is 3.28. The van der Waals surface area contributed by atoms with Crippen molar-refractivity contribution in [3.63, 3.8) is 0 Å². The molecule has 4 atom stereocenters. The Kier molecular flexibility index (Phi) is 26.6. The lowest BCUT2D eigenvalue weighted by Crippen LogP contribution is -2.46. The monoisotopic (exact) mass is 939 g/mol. The SMILES string of the molecule is CCC(C(=O)CC(CSC(c1ccccc1)(c1ccccc1)c1ccccc1)C(=O)NC)N(C)C(=O)OC(C)(C)C.CCC(C(=O)O)N(C)C(=O)OC(C)(C)C.CCC(N)C(=O)NC.[2H]CC. The van der Waals surface area contributed by atoms with Gasteiger partial charge in [0.15, 0.2) is 5.78 Å². The number of amides is 4. The van der Waals surface area contributed by atoms with Crippen molar-refractivity contribution in [1.29, 1.82) is 0 Å². The molecule has 3 aromatic rings. The number of carbonyl (C=O) groups is 6. The lowest BCUT2D eigenvalue weighted by atomic mass is 9.84. The van der Waals surface area contributed by atoms with Crippen LogP contribution >= 0.6 is 11.8 Å². The Bertz CT molecular complexity index is 1830. The number of rotatable bonds is 17. The highest BCUT2D eigenvalue weighted by atomic mass is 32.2. The third-order valence-corrected chi connectivity index (χ3v) is 11.6. The number of nitrogens with zero attached hydrogens (tertiary/aromatic N) is 2. The van der Waals surface area contributed by atoms with Crippen molar-refractivity contribution in [2.75, 3.05) is 33.9 Å². The average molecular weight is 939 g/mol. The van der Waals surface area contributed by atoms with Crippen LogP contribution in [0, 0.1) is 5.92 Å². The lowest BCUT2D eigenvalue weighted by Gasteiger charge is -2.36. The highest BCUT2D eigenvalue weighted by Gasteiger charge is 2.39. The summed E-state index contributed by atoms with van der Waals surface area (Å²) < 4.78 is 16.1. The van der Waals surface area contributed by atoms with Gasteiger partial charge in [-0.2, -0.15) is 0 Å². The fourth-order valence-corrected chi connectivity index (χ4v) is 8.06. The van der Waals surface area contributed by atoms with Gasteiger partial charge in [0.1, 0.15) is 17.2 Å². The molecule has 0 aliphatic heterocycles.